The highest BCUT2D eigenvalue weighted by molar-refractivity contribution is 7.11. The summed E-state index contributed by atoms with van der Waals surface area (Å²) in [7, 11) is 0. The summed E-state index contributed by atoms with van der Waals surface area (Å²) in [6.45, 7) is 4.11. The largest absolute Gasteiger partial charge is 0.235 e. The molecule has 2 nitrogen and oxygen atoms in total. The zero-order chi connectivity index (χ0) is 16.2. The standard InChI is InChI=1S/C20H16N2S/c1-14-3-7-16(8-4-14)11-18(12-21)20-22-19(13-23-20)17-9-5-15(2)6-10-17/h3-11,13H,1-2H3/b18-11-. The van der Waals surface area contributed by atoms with E-state index >= 15 is 0 Å². The maximum Gasteiger partial charge on any atom is 0.134 e. The summed E-state index contributed by atoms with van der Waals surface area (Å²) < 4.78 is 0. The van der Waals surface area contributed by atoms with Gasteiger partial charge in [0.15, 0.2) is 0 Å². The molecule has 2 aromatic carbocycles. The molecule has 1 aromatic heterocycles. The first-order chi connectivity index (χ1) is 11.2. The number of aromatic nitrogens is 1. The van der Waals surface area contributed by atoms with E-state index in [1.54, 1.807) is 0 Å². The Balaban J connectivity index is 1.92. The minimum atomic E-state index is 0.595. The van der Waals surface area contributed by atoms with E-state index in [1.165, 1.54) is 22.5 Å². The van der Waals surface area contributed by atoms with Gasteiger partial charge in [-0.1, -0.05) is 59.7 Å². The molecule has 112 valence electrons. The van der Waals surface area contributed by atoms with Gasteiger partial charge in [0.2, 0.25) is 0 Å². The van der Waals surface area contributed by atoms with Gasteiger partial charge in [-0.25, -0.2) is 4.98 Å². The Morgan fingerprint density at radius 1 is 1.00 bits per heavy atom. The van der Waals surface area contributed by atoms with E-state index in [0.717, 1.165) is 21.8 Å². The highest BCUT2D eigenvalue weighted by Gasteiger charge is 2.09. The van der Waals surface area contributed by atoms with Gasteiger partial charge in [-0.2, -0.15) is 5.26 Å². The zero-order valence-electron chi connectivity index (χ0n) is 13.1. The van der Waals surface area contributed by atoms with Crippen molar-refractivity contribution in [2.75, 3.05) is 0 Å². The Bertz CT molecular complexity index is 879. The highest BCUT2D eigenvalue weighted by atomic mass is 32.1. The highest BCUT2D eigenvalue weighted by Crippen LogP contribution is 2.27. The summed E-state index contributed by atoms with van der Waals surface area (Å²) in [4.78, 5) is 4.62. The molecule has 0 spiro atoms. The fraction of sp³-hybridized carbons (Fsp3) is 0.100. The lowest BCUT2D eigenvalue weighted by Crippen LogP contribution is -1.83. The molecular weight excluding hydrogens is 300 g/mol. The number of nitrogens with zero attached hydrogens (tertiary/aromatic N) is 2. The van der Waals surface area contributed by atoms with Crippen molar-refractivity contribution in [2.24, 2.45) is 0 Å². The molecule has 0 unspecified atom stereocenters. The number of benzene rings is 2. The van der Waals surface area contributed by atoms with Crippen LogP contribution in [0.15, 0.2) is 53.9 Å². The molecule has 1 heterocycles. The summed E-state index contributed by atoms with van der Waals surface area (Å²) in [5, 5.41) is 12.2. The average Bonchev–Trinajstić information content (AvgIpc) is 3.05. The van der Waals surface area contributed by atoms with E-state index in [-0.39, 0.29) is 0 Å². The number of rotatable bonds is 3. The van der Waals surface area contributed by atoms with E-state index in [4.69, 9.17) is 0 Å². The van der Waals surface area contributed by atoms with Gasteiger partial charge in [-0.15, -0.1) is 11.3 Å². The van der Waals surface area contributed by atoms with Crippen LogP contribution in [0.4, 0.5) is 0 Å². The first-order valence-electron chi connectivity index (χ1n) is 7.37. The normalized spacial score (nSPS) is 11.3. The Labute approximate surface area is 140 Å². The van der Waals surface area contributed by atoms with Crippen LogP contribution in [-0.2, 0) is 0 Å². The molecule has 0 aliphatic heterocycles. The van der Waals surface area contributed by atoms with Crippen LogP contribution in [0.25, 0.3) is 22.9 Å². The van der Waals surface area contributed by atoms with E-state index in [9.17, 15) is 5.26 Å². The fourth-order valence-corrected chi connectivity index (χ4v) is 3.02. The lowest BCUT2D eigenvalue weighted by molar-refractivity contribution is 1.36. The van der Waals surface area contributed by atoms with Gasteiger partial charge in [-0.3, -0.25) is 0 Å². The van der Waals surface area contributed by atoms with Crippen LogP contribution in [0.2, 0.25) is 0 Å². The van der Waals surface area contributed by atoms with Crippen molar-refractivity contribution in [2.45, 2.75) is 13.8 Å². The Hall–Kier alpha value is -2.70. The Morgan fingerprint density at radius 3 is 2.22 bits per heavy atom. The minimum Gasteiger partial charge on any atom is -0.235 e. The predicted molar refractivity (Wildman–Crippen MR) is 97.0 cm³/mol. The molecule has 3 rings (SSSR count). The van der Waals surface area contributed by atoms with Crippen LogP contribution >= 0.6 is 11.3 Å². The summed E-state index contributed by atoms with van der Waals surface area (Å²) >= 11 is 1.50. The van der Waals surface area contributed by atoms with Crippen LogP contribution in [0.5, 0.6) is 0 Å². The van der Waals surface area contributed by atoms with E-state index in [2.05, 4.69) is 42.2 Å². The van der Waals surface area contributed by atoms with Gasteiger partial charge in [-0.05, 0) is 25.5 Å². The molecule has 3 heteroatoms. The van der Waals surface area contributed by atoms with Gasteiger partial charge in [0.05, 0.1) is 11.3 Å². The maximum atomic E-state index is 9.46. The molecule has 0 N–H and O–H groups in total. The molecule has 0 saturated carbocycles. The SMILES string of the molecule is Cc1ccc(/C=C(/C#N)c2nc(-c3ccc(C)cc3)cs2)cc1. The van der Waals surface area contributed by atoms with Gasteiger partial charge in [0.1, 0.15) is 11.1 Å². The van der Waals surface area contributed by atoms with Crippen molar-refractivity contribution in [1.82, 2.24) is 4.98 Å². The summed E-state index contributed by atoms with van der Waals surface area (Å²) in [6.07, 6.45) is 1.89. The monoisotopic (exact) mass is 316 g/mol. The van der Waals surface area contributed by atoms with Crippen molar-refractivity contribution in [3.63, 3.8) is 0 Å². The molecular formula is C20H16N2S. The molecule has 0 fully saturated rings. The summed E-state index contributed by atoms with van der Waals surface area (Å²) in [5.74, 6) is 0. The third-order valence-electron chi connectivity index (χ3n) is 3.59. The molecule has 3 aromatic rings. The second-order valence-electron chi connectivity index (χ2n) is 5.48. The number of thiazole rings is 1. The third kappa shape index (κ3) is 3.56. The topological polar surface area (TPSA) is 36.7 Å². The van der Waals surface area contributed by atoms with Crippen LogP contribution in [-0.4, -0.2) is 4.98 Å². The van der Waals surface area contributed by atoms with Crippen LogP contribution in [0.3, 0.4) is 0 Å². The van der Waals surface area contributed by atoms with Gasteiger partial charge >= 0.3 is 0 Å². The van der Waals surface area contributed by atoms with Gasteiger partial charge < -0.3 is 0 Å². The van der Waals surface area contributed by atoms with E-state index in [0.29, 0.717) is 5.57 Å². The van der Waals surface area contributed by atoms with Crippen molar-refractivity contribution in [1.29, 1.82) is 5.26 Å². The Morgan fingerprint density at radius 2 is 1.61 bits per heavy atom. The molecule has 0 atom stereocenters. The van der Waals surface area contributed by atoms with E-state index in [1.807, 2.05) is 42.6 Å². The predicted octanol–water partition coefficient (Wildman–Crippen LogP) is 5.49. The number of nitriles is 1. The summed E-state index contributed by atoms with van der Waals surface area (Å²) in [6, 6.07) is 18.6. The lowest BCUT2D eigenvalue weighted by atomic mass is 10.1. The van der Waals surface area contributed by atoms with Crippen molar-refractivity contribution >= 4 is 23.0 Å². The third-order valence-corrected chi connectivity index (χ3v) is 4.47. The molecule has 0 aliphatic rings. The van der Waals surface area contributed by atoms with Gasteiger partial charge in [0, 0.05) is 10.9 Å². The van der Waals surface area contributed by atoms with Gasteiger partial charge in [0.25, 0.3) is 0 Å². The van der Waals surface area contributed by atoms with Crippen molar-refractivity contribution in [3.8, 4) is 17.3 Å². The second-order valence-corrected chi connectivity index (χ2v) is 6.34. The molecule has 0 aliphatic carbocycles. The van der Waals surface area contributed by atoms with Crippen LogP contribution in [0, 0.1) is 25.2 Å². The first-order valence-corrected chi connectivity index (χ1v) is 8.25. The number of hydrogen-bond donors (Lipinski definition) is 0. The lowest BCUT2D eigenvalue weighted by Gasteiger charge is -1.98. The first kappa shape index (κ1) is 15.2. The van der Waals surface area contributed by atoms with Crippen molar-refractivity contribution < 1.29 is 0 Å². The van der Waals surface area contributed by atoms with Crippen molar-refractivity contribution in [3.05, 3.63) is 75.6 Å². The average molecular weight is 316 g/mol. The van der Waals surface area contributed by atoms with Crippen LogP contribution in [0.1, 0.15) is 21.7 Å². The second kappa shape index (κ2) is 6.60. The molecule has 23 heavy (non-hydrogen) atoms. The van der Waals surface area contributed by atoms with Crippen LogP contribution < -0.4 is 0 Å². The number of allylic oxidation sites excluding steroid dienone is 1. The fourth-order valence-electron chi connectivity index (χ4n) is 2.23. The number of aryl methyl sites for hydroxylation is 2. The molecule has 0 radical (unpaired) electrons. The minimum absolute atomic E-state index is 0.595. The maximum absolute atomic E-state index is 9.46. The molecule has 0 bridgehead atoms. The molecule has 0 saturated heterocycles. The molecule has 0 amide bonds. The Kier molecular flexibility index (Phi) is 4.36. The zero-order valence-corrected chi connectivity index (χ0v) is 13.9. The van der Waals surface area contributed by atoms with E-state index < -0.39 is 0 Å². The summed E-state index contributed by atoms with van der Waals surface area (Å²) in [5.41, 5.74) is 6.02. The quantitative estimate of drug-likeness (QED) is 0.599. The number of hydrogen-bond acceptors (Lipinski definition) is 3. The smallest absolute Gasteiger partial charge is 0.134 e.